The minimum absolute atomic E-state index is 0.0786. The first kappa shape index (κ1) is 24.3. The summed E-state index contributed by atoms with van der Waals surface area (Å²) in [5.74, 6) is -2.65. The number of esters is 1. The number of Topliss-reactive ketones (excluding diaryl/α,β-unsaturated/α-hetero) is 1. The van der Waals surface area contributed by atoms with Gasteiger partial charge in [0.25, 0.3) is 0 Å². The van der Waals surface area contributed by atoms with Crippen molar-refractivity contribution in [3.8, 4) is 0 Å². The Morgan fingerprint density at radius 2 is 1.97 bits per heavy atom. The summed E-state index contributed by atoms with van der Waals surface area (Å²) < 4.78 is 23.1. The average molecular weight is 463 g/mol. The molecule has 0 radical (unpaired) electrons. The summed E-state index contributed by atoms with van der Waals surface area (Å²) >= 11 is 0. The van der Waals surface area contributed by atoms with Gasteiger partial charge >= 0.3 is 5.97 Å². The molecule has 33 heavy (non-hydrogen) atoms. The highest BCUT2D eigenvalue weighted by molar-refractivity contribution is 6.01. The Morgan fingerprint density at radius 3 is 2.61 bits per heavy atom. The first-order valence-corrected chi connectivity index (χ1v) is 12.1. The number of aliphatic hydroxyl groups excluding tert-OH is 2. The van der Waals surface area contributed by atoms with Crippen LogP contribution in [0.15, 0.2) is 23.8 Å². The lowest BCUT2D eigenvalue weighted by Gasteiger charge is -2.62. The number of fused-ring (bicyclic) bond motifs is 5. The zero-order valence-corrected chi connectivity index (χ0v) is 19.9. The Kier molecular flexibility index (Phi) is 5.77. The fourth-order valence-electron chi connectivity index (χ4n) is 7.95. The van der Waals surface area contributed by atoms with E-state index in [-0.39, 0.29) is 24.5 Å². The summed E-state index contributed by atoms with van der Waals surface area (Å²) in [6.45, 7) is 6.42. The predicted octanol–water partition coefficient (Wildman–Crippen LogP) is 3.25. The number of aliphatic hydroxyl groups is 2. The molecule has 4 aliphatic carbocycles. The third kappa shape index (κ3) is 2.94. The molecule has 0 aliphatic heterocycles. The van der Waals surface area contributed by atoms with E-state index in [9.17, 15) is 24.6 Å². The van der Waals surface area contributed by atoms with Crippen molar-refractivity contribution in [3.63, 3.8) is 0 Å². The molecule has 182 valence electrons. The smallest absolute Gasteiger partial charge is 0.306 e. The van der Waals surface area contributed by atoms with Crippen molar-refractivity contribution in [2.45, 2.75) is 83.6 Å². The summed E-state index contributed by atoms with van der Waals surface area (Å²) in [4.78, 5) is 37.9. The maximum absolute atomic E-state index is 17.2. The average Bonchev–Trinajstić information content (AvgIpc) is 2.97. The van der Waals surface area contributed by atoms with Crippen LogP contribution in [0.3, 0.4) is 0 Å². The van der Waals surface area contributed by atoms with Crippen LogP contribution in [0.2, 0.25) is 0 Å². The van der Waals surface area contributed by atoms with Crippen LogP contribution in [0, 0.1) is 28.6 Å². The van der Waals surface area contributed by atoms with E-state index in [4.69, 9.17) is 4.74 Å². The summed E-state index contributed by atoms with van der Waals surface area (Å²) in [5.41, 5.74) is -5.10. The Hall–Kier alpha value is -1.86. The molecule has 0 heterocycles. The van der Waals surface area contributed by atoms with E-state index in [0.29, 0.717) is 31.3 Å². The van der Waals surface area contributed by atoms with Crippen molar-refractivity contribution in [2.24, 2.45) is 28.6 Å². The quantitative estimate of drug-likeness (QED) is 0.609. The molecule has 0 aromatic heterocycles. The number of carbonyl (C=O) groups excluding carboxylic acids is 3. The van der Waals surface area contributed by atoms with Gasteiger partial charge in [0.2, 0.25) is 5.78 Å². The normalized spacial score (nSPS) is 46.2. The number of rotatable bonds is 5. The van der Waals surface area contributed by atoms with E-state index in [1.165, 1.54) is 12.2 Å². The standard InChI is InChI=1S/C26H35FO6/c1-5-6-22(32)33-26(21(31)14-28)15(2)11-19-18-8-7-16-12-17(29)9-10-23(16,3)25(18,27)20(30)13-24(19,26)4/h9-10,12,15,18-20,28,30H,5-8,11,13-14H2,1-4H3/t15-,18-,19-,20-,23-,24-,25-,26+/m0/s1. The van der Waals surface area contributed by atoms with Crippen LogP contribution in [0.25, 0.3) is 0 Å². The zero-order valence-electron chi connectivity index (χ0n) is 19.9. The Labute approximate surface area is 194 Å². The third-order valence-electron chi connectivity index (χ3n) is 9.47. The Bertz CT molecular complexity index is 941. The molecule has 0 saturated heterocycles. The molecule has 7 heteroatoms. The maximum atomic E-state index is 17.2. The largest absolute Gasteiger partial charge is 0.450 e. The molecular formula is C26H35FO6. The number of hydrogen-bond acceptors (Lipinski definition) is 6. The molecule has 2 N–H and O–H groups in total. The van der Waals surface area contributed by atoms with E-state index >= 15 is 4.39 Å². The van der Waals surface area contributed by atoms with Gasteiger partial charge < -0.3 is 14.9 Å². The van der Waals surface area contributed by atoms with E-state index in [1.54, 1.807) is 13.0 Å². The number of hydrogen-bond donors (Lipinski definition) is 2. The molecule has 0 aromatic carbocycles. The summed E-state index contributed by atoms with van der Waals surface area (Å²) in [6.07, 6.45) is 5.02. The van der Waals surface area contributed by atoms with E-state index in [2.05, 4.69) is 0 Å². The van der Waals surface area contributed by atoms with Gasteiger partial charge in [-0.15, -0.1) is 0 Å². The third-order valence-corrected chi connectivity index (χ3v) is 9.47. The summed E-state index contributed by atoms with van der Waals surface area (Å²) in [6, 6.07) is 0. The van der Waals surface area contributed by atoms with Crippen LogP contribution < -0.4 is 0 Å². The van der Waals surface area contributed by atoms with Gasteiger partial charge in [-0.2, -0.15) is 0 Å². The van der Waals surface area contributed by atoms with Gasteiger partial charge in [0.05, 0.1) is 6.10 Å². The van der Waals surface area contributed by atoms with E-state index in [1.807, 2.05) is 20.8 Å². The zero-order chi connectivity index (χ0) is 24.4. The maximum Gasteiger partial charge on any atom is 0.306 e. The second-order valence-corrected chi connectivity index (χ2v) is 10.9. The number of halogens is 1. The van der Waals surface area contributed by atoms with Crippen molar-refractivity contribution < 1.29 is 33.7 Å². The lowest BCUT2D eigenvalue weighted by Crippen LogP contribution is -2.70. The molecule has 4 rings (SSSR count). The van der Waals surface area contributed by atoms with Gasteiger partial charge in [0.15, 0.2) is 17.1 Å². The number of ketones is 2. The van der Waals surface area contributed by atoms with Crippen LogP contribution in [-0.2, 0) is 19.1 Å². The van der Waals surface area contributed by atoms with Gasteiger partial charge in [-0.05, 0) is 57.1 Å². The SMILES string of the molecule is CCCC(=O)O[C@@]1(C(=O)CO)[C@@H](C)C[C@H]2[C@@H]3CCC4=CC(=O)C=C[C@]4(C)[C@@]3(F)[C@@H](O)C[C@@]21C. The highest BCUT2D eigenvalue weighted by atomic mass is 19.1. The number of ether oxygens (including phenoxy) is 1. The molecule has 8 atom stereocenters. The first-order valence-electron chi connectivity index (χ1n) is 12.1. The molecule has 3 fully saturated rings. The van der Waals surface area contributed by atoms with Gasteiger partial charge in [-0.1, -0.05) is 32.4 Å². The first-order chi connectivity index (χ1) is 15.4. The molecule has 0 aromatic rings. The van der Waals surface area contributed by atoms with Gasteiger partial charge in [-0.25, -0.2) is 4.39 Å². The Balaban J connectivity index is 1.83. The minimum atomic E-state index is -2.02. The van der Waals surface area contributed by atoms with Crippen molar-refractivity contribution in [1.29, 1.82) is 0 Å². The topological polar surface area (TPSA) is 101 Å². The second kappa shape index (κ2) is 7.84. The van der Waals surface area contributed by atoms with Crippen LogP contribution in [0.4, 0.5) is 4.39 Å². The van der Waals surface area contributed by atoms with Crippen LogP contribution >= 0.6 is 0 Å². The van der Waals surface area contributed by atoms with Gasteiger partial charge in [-0.3, -0.25) is 14.4 Å². The summed E-state index contributed by atoms with van der Waals surface area (Å²) in [7, 11) is 0. The number of carbonyl (C=O) groups is 3. The number of alkyl halides is 1. The van der Waals surface area contributed by atoms with Crippen molar-refractivity contribution in [3.05, 3.63) is 23.8 Å². The summed E-state index contributed by atoms with van der Waals surface area (Å²) in [5, 5.41) is 21.3. The van der Waals surface area contributed by atoms with Gasteiger partial charge in [0, 0.05) is 29.1 Å². The minimum Gasteiger partial charge on any atom is -0.450 e. The van der Waals surface area contributed by atoms with Gasteiger partial charge in [0.1, 0.15) is 6.61 Å². The van der Waals surface area contributed by atoms with Crippen molar-refractivity contribution in [2.75, 3.05) is 6.61 Å². The highest BCUT2D eigenvalue weighted by Crippen LogP contribution is 2.71. The molecule has 3 saturated carbocycles. The predicted molar refractivity (Wildman–Crippen MR) is 119 cm³/mol. The lowest BCUT2D eigenvalue weighted by molar-refractivity contribution is -0.228. The van der Waals surface area contributed by atoms with Crippen LogP contribution in [-0.4, -0.2) is 51.7 Å². The van der Waals surface area contributed by atoms with Crippen LogP contribution in [0.1, 0.15) is 66.2 Å². The molecule has 6 nitrogen and oxygen atoms in total. The molecule has 4 aliphatic rings. The monoisotopic (exact) mass is 462 g/mol. The second-order valence-electron chi connectivity index (χ2n) is 10.9. The fourth-order valence-corrected chi connectivity index (χ4v) is 7.95. The van der Waals surface area contributed by atoms with E-state index < -0.39 is 58.4 Å². The van der Waals surface area contributed by atoms with Crippen LogP contribution in [0.5, 0.6) is 0 Å². The molecule has 0 amide bonds. The Morgan fingerprint density at radius 1 is 1.27 bits per heavy atom. The highest BCUT2D eigenvalue weighted by Gasteiger charge is 2.77. The molecule has 0 unspecified atom stereocenters. The fraction of sp³-hybridized carbons (Fsp3) is 0.731. The number of allylic oxidation sites excluding steroid dienone is 4. The molecular weight excluding hydrogens is 427 g/mol. The van der Waals surface area contributed by atoms with Crippen molar-refractivity contribution in [1.82, 2.24) is 0 Å². The lowest BCUT2D eigenvalue weighted by atomic mass is 9.44. The molecule has 0 spiro atoms. The van der Waals surface area contributed by atoms with Crippen molar-refractivity contribution >= 4 is 17.5 Å². The van der Waals surface area contributed by atoms with E-state index in [0.717, 1.165) is 0 Å². The molecule has 0 bridgehead atoms.